The first-order chi connectivity index (χ1) is 8.97. The van der Waals surface area contributed by atoms with Gasteiger partial charge < -0.3 is 5.11 Å². The van der Waals surface area contributed by atoms with Crippen molar-refractivity contribution in [2.24, 2.45) is 0 Å². The second-order valence-corrected chi connectivity index (χ2v) is 4.41. The lowest BCUT2D eigenvalue weighted by atomic mass is 10.0. The first-order valence-corrected chi connectivity index (χ1v) is 5.81. The Bertz CT molecular complexity index is 641. The van der Waals surface area contributed by atoms with E-state index in [9.17, 15) is 13.6 Å². The average Bonchev–Trinajstić information content (AvgIpc) is 2.34. The molecule has 19 heavy (non-hydrogen) atoms. The molecule has 0 unspecified atom stereocenters. The molecule has 0 bridgehead atoms. The Balaban J connectivity index is 2.51. The van der Waals surface area contributed by atoms with Crippen molar-refractivity contribution in [2.75, 3.05) is 0 Å². The Morgan fingerprint density at radius 1 is 1.16 bits per heavy atom. The molecule has 0 aliphatic rings. The summed E-state index contributed by atoms with van der Waals surface area (Å²) in [4.78, 5) is 10.6. The molecule has 0 aromatic heterocycles. The van der Waals surface area contributed by atoms with E-state index in [0.717, 1.165) is 6.07 Å². The summed E-state index contributed by atoms with van der Waals surface area (Å²) < 4.78 is 26.7. The van der Waals surface area contributed by atoms with E-state index < -0.39 is 24.0 Å². The number of halogens is 3. The first kappa shape index (κ1) is 13.5. The van der Waals surface area contributed by atoms with Gasteiger partial charge in [0.1, 0.15) is 11.6 Å². The van der Waals surface area contributed by atoms with Gasteiger partial charge in [-0.15, -0.1) is 0 Å². The Labute approximate surface area is 113 Å². The Hall–Kier alpha value is -1.94. The van der Waals surface area contributed by atoms with Gasteiger partial charge in [0.15, 0.2) is 0 Å². The minimum atomic E-state index is -1.14. The summed E-state index contributed by atoms with van der Waals surface area (Å²) >= 11 is 5.95. The van der Waals surface area contributed by atoms with Crippen LogP contribution in [-0.2, 0) is 11.2 Å². The van der Waals surface area contributed by atoms with Crippen LogP contribution in [0.15, 0.2) is 36.4 Å². The fourth-order valence-electron chi connectivity index (χ4n) is 1.76. The van der Waals surface area contributed by atoms with Crippen molar-refractivity contribution in [3.8, 4) is 11.1 Å². The summed E-state index contributed by atoms with van der Waals surface area (Å²) in [5.41, 5.74) is 0.904. The van der Waals surface area contributed by atoms with Crippen molar-refractivity contribution in [3.05, 3.63) is 58.6 Å². The lowest BCUT2D eigenvalue weighted by Crippen LogP contribution is -2.02. The molecule has 0 saturated carbocycles. The molecule has 2 aromatic rings. The third kappa shape index (κ3) is 3.09. The van der Waals surface area contributed by atoms with Gasteiger partial charge in [0, 0.05) is 10.6 Å². The van der Waals surface area contributed by atoms with E-state index in [0.29, 0.717) is 16.1 Å². The van der Waals surface area contributed by atoms with Gasteiger partial charge in [0.05, 0.1) is 6.42 Å². The average molecular weight is 283 g/mol. The van der Waals surface area contributed by atoms with E-state index in [2.05, 4.69) is 0 Å². The summed E-state index contributed by atoms with van der Waals surface area (Å²) in [7, 11) is 0. The molecule has 0 heterocycles. The molecule has 2 nitrogen and oxygen atoms in total. The molecule has 0 saturated heterocycles. The van der Waals surface area contributed by atoms with Gasteiger partial charge in [-0.1, -0.05) is 17.7 Å². The summed E-state index contributed by atoms with van der Waals surface area (Å²) in [6.45, 7) is 0. The zero-order valence-electron chi connectivity index (χ0n) is 9.66. The van der Waals surface area contributed by atoms with Gasteiger partial charge in [0.25, 0.3) is 0 Å². The highest BCUT2D eigenvalue weighted by atomic mass is 35.5. The highest BCUT2D eigenvalue weighted by Gasteiger charge is 2.11. The van der Waals surface area contributed by atoms with Crippen molar-refractivity contribution in [2.45, 2.75) is 6.42 Å². The second kappa shape index (κ2) is 5.36. The maximum atomic E-state index is 13.5. The van der Waals surface area contributed by atoms with E-state index in [-0.39, 0.29) is 5.56 Å². The van der Waals surface area contributed by atoms with Crippen LogP contribution in [0.25, 0.3) is 11.1 Å². The van der Waals surface area contributed by atoms with Gasteiger partial charge in [-0.25, -0.2) is 8.78 Å². The summed E-state index contributed by atoms with van der Waals surface area (Å²) in [6.07, 6.45) is -0.438. The number of benzene rings is 2. The molecule has 5 heteroatoms. The van der Waals surface area contributed by atoms with Crippen LogP contribution in [0.5, 0.6) is 0 Å². The molecule has 1 N–H and O–H groups in total. The van der Waals surface area contributed by atoms with Gasteiger partial charge in [-0.2, -0.15) is 0 Å². The topological polar surface area (TPSA) is 37.3 Å². The maximum Gasteiger partial charge on any atom is 0.307 e. The number of carboxylic acids is 1. The van der Waals surface area contributed by atoms with Gasteiger partial charge >= 0.3 is 5.97 Å². The number of hydrogen-bond donors (Lipinski definition) is 1. The van der Waals surface area contributed by atoms with Crippen LogP contribution in [0, 0.1) is 11.6 Å². The number of hydrogen-bond acceptors (Lipinski definition) is 1. The van der Waals surface area contributed by atoms with Crippen LogP contribution in [0.1, 0.15) is 5.56 Å². The molecule has 2 aromatic carbocycles. The predicted octanol–water partition coefficient (Wildman–Crippen LogP) is 3.91. The molecule has 0 aliphatic heterocycles. The fourth-order valence-corrected chi connectivity index (χ4v) is 1.99. The molecule has 0 radical (unpaired) electrons. The van der Waals surface area contributed by atoms with Crippen molar-refractivity contribution in [1.29, 1.82) is 0 Å². The number of aliphatic carboxylic acids is 1. The standard InChI is InChI=1S/C14H9ClF2O2/c15-12-3-2-10(16)7-11(12)8-1-4-13(17)9(5-8)6-14(18)19/h1-5,7H,6H2,(H,18,19). The second-order valence-electron chi connectivity index (χ2n) is 4.00. The van der Waals surface area contributed by atoms with Crippen LogP contribution in [0.3, 0.4) is 0 Å². The minimum absolute atomic E-state index is 0.0327. The van der Waals surface area contributed by atoms with E-state index >= 15 is 0 Å². The molecular weight excluding hydrogens is 274 g/mol. The van der Waals surface area contributed by atoms with E-state index in [4.69, 9.17) is 16.7 Å². The Kier molecular flexibility index (Phi) is 3.81. The van der Waals surface area contributed by atoms with Crippen LogP contribution in [0.2, 0.25) is 5.02 Å². The van der Waals surface area contributed by atoms with Crippen molar-refractivity contribution in [1.82, 2.24) is 0 Å². The zero-order valence-corrected chi connectivity index (χ0v) is 10.4. The van der Waals surface area contributed by atoms with Gasteiger partial charge in [-0.3, -0.25) is 4.79 Å². The molecule has 0 amide bonds. The first-order valence-electron chi connectivity index (χ1n) is 5.43. The molecule has 0 atom stereocenters. The smallest absolute Gasteiger partial charge is 0.307 e. The Morgan fingerprint density at radius 3 is 2.58 bits per heavy atom. The molecule has 98 valence electrons. The molecule has 0 aliphatic carbocycles. The van der Waals surface area contributed by atoms with E-state index in [1.54, 1.807) is 0 Å². The zero-order chi connectivity index (χ0) is 14.0. The monoisotopic (exact) mass is 282 g/mol. The van der Waals surface area contributed by atoms with Crippen molar-refractivity contribution >= 4 is 17.6 Å². The van der Waals surface area contributed by atoms with E-state index in [1.165, 1.54) is 30.3 Å². The van der Waals surface area contributed by atoms with Gasteiger partial charge in [-0.05, 0) is 41.5 Å². The summed E-state index contributed by atoms with van der Waals surface area (Å²) in [5.74, 6) is -2.22. The van der Waals surface area contributed by atoms with Crippen LogP contribution in [-0.4, -0.2) is 11.1 Å². The number of rotatable bonds is 3. The third-order valence-corrected chi connectivity index (χ3v) is 2.96. The quantitative estimate of drug-likeness (QED) is 0.926. The lowest BCUT2D eigenvalue weighted by Gasteiger charge is -2.07. The highest BCUT2D eigenvalue weighted by Crippen LogP contribution is 2.30. The van der Waals surface area contributed by atoms with Gasteiger partial charge in [0.2, 0.25) is 0 Å². The van der Waals surface area contributed by atoms with Crippen molar-refractivity contribution < 1.29 is 18.7 Å². The third-order valence-electron chi connectivity index (χ3n) is 2.63. The van der Waals surface area contributed by atoms with Crippen LogP contribution >= 0.6 is 11.6 Å². The molecular formula is C14H9ClF2O2. The minimum Gasteiger partial charge on any atom is -0.481 e. The maximum absolute atomic E-state index is 13.5. The highest BCUT2D eigenvalue weighted by molar-refractivity contribution is 6.33. The molecule has 2 rings (SSSR count). The summed E-state index contributed by atoms with van der Waals surface area (Å²) in [5, 5.41) is 9.01. The molecule has 0 fully saturated rings. The largest absolute Gasteiger partial charge is 0.481 e. The summed E-state index contributed by atoms with van der Waals surface area (Å²) in [6, 6.07) is 7.78. The van der Waals surface area contributed by atoms with Crippen molar-refractivity contribution in [3.63, 3.8) is 0 Å². The normalized spacial score (nSPS) is 10.5. The van der Waals surface area contributed by atoms with Crippen LogP contribution < -0.4 is 0 Å². The van der Waals surface area contributed by atoms with E-state index in [1.807, 2.05) is 0 Å². The number of carbonyl (C=O) groups is 1. The molecule has 0 spiro atoms. The predicted molar refractivity (Wildman–Crippen MR) is 68.1 cm³/mol. The Morgan fingerprint density at radius 2 is 1.89 bits per heavy atom. The lowest BCUT2D eigenvalue weighted by molar-refractivity contribution is -0.136. The van der Waals surface area contributed by atoms with Crippen LogP contribution in [0.4, 0.5) is 8.78 Å². The fraction of sp³-hybridized carbons (Fsp3) is 0.0714. The SMILES string of the molecule is O=C(O)Cc1cc(-c2cc(F)ccc2Cl)ccc1F. The number of carboxylic acid groups (broad SMARTS) is 1.